The number of fused-ring (bicyclic) bond motifs is 1. The highest BCUT2D eigenvalue weighted by molar-refractivity contribution is 6.23. The quantitative estimate of drug-likeness (QED) is 0.252. The Kier molecular flexibility index (Phi) is 5.61. The van der Waals surface area contributed by atoms with E-state index >= 15 is 0 Å². The van der Waals surface area contributed by atoms with Crippen molar-refractivity contribution in [2.45, 2.75) is 6.92 Å². The smallest absolute Gasteiger partial charge is 0.270 e. The first-order chi connectivity index (χ1) is 17.3. The van der Waals surface area contributed by atoms with E-state index in [1.807, 2.05) is 61.5 Å². The van der Waals surface area contributed by atoms with Crippen molar-refractivity contribution in [2.24, 2.45) is 0 Å². The molecule has 3 aromatic carbocycles. The summed E-state index contributed by atoms with van der Waals surface area (Å²) in [5.74, 6) is -1.71. The van der Waals surface area contributed by atoms with Crippen molar-refractivity contribution in [3.63, 3.8) is 0 Å². The first kappa shape index (κ1) is 22.7. The lowest BCUT2D eigenvalue weighted by Gasteiger charge is -2.14. The summed E-state index contributed by atoms with van der Waals surface area (Å²) >= 11 is 0. The normalized spacial score (nSPS) is 12.5. The highest BCUT2D eigenvalue weighted by atomic mass is 16.6. The molecular weight excluding hydrogens is 462 g/mol. The molecule has 0 saturated heterocycles. The summed E-state index contributed by atoms with van der Waals surface area (Å²) in [7, 11) is 0. The van der Waals surface area contributed by atoms with Crippen LogP contribution in [0, 0.1) is 17.0 Å². The summed E-state index contributed by atoms with van der Waals surface area (Å²) in [6.07, 6.45) is 0. The van der Waals surface area contributed by atoms with Gasteiger partial charge in [-0.05, 0) is 25.1 Å². The molecule has 178 valence electrons. The largest absolute Gasteiger partial charge is 0.309 e. The Labute approximate surface area is 204 Å². The molecule has 0 fully saturated rings. The van der Waals surface area contributed by atoms with Crippen molar-refractivity contribution in [2.75, 3.05) is 11.9 Å². The Morgan fingerprint density at radius 1 is 0.944 bits per heavy atom. The lowest BCUT2D eigenvalue weighted by atomic mass is 10.1. The Morgan fingerprint density at radius 2 is 1.64 bits per heavy atom. The van der Waals surface area contributed by atoms with Crippen molar-refractivity contribution in [1.29, 1.82) is 0 Å². The van der Waals surface area contributed by atoms with Crippen LogP contribution in [-0.2, 0) is 4.79 Å². The number of imide groups is 1. The number of nitrogens with one attached hydrogen (secondary N) is 1. The van der Waals surface area contributed by atoms with Gasteiger partial charge in [0.15, 0.2) is 0 Å². The SMILES string of the molecule is Cc1ccc(-c2cc(NC(=O)CN3C(=O)c4ccc([N+](=O)[O-])cc4C3=O)n(-c3ccccc3)n2)cc1. The Morgan fingerprint density at radius 3 is 2.33 bits per heavy atom. The molecule has 0 unspecified atom stereocenters. The molecular formula is C26H19N5O5. The Hall–Kier alpha value is -5.12. The molecule has 0 saturated carbocycles. The van der Waals surface area contributed by atoms with E-state index in [4.69, 9.17) is 0 Å². The van der Waals surface area contributed by atoms with Gasteiger partial charge in [-0.3, -0.25) is 29.4 Å². The number of benzene rings is 3. The van der Waals surface area contributed by atoms with Crippen molar-refractivity contribution < 1.29 is 19.3 Å². The molecule has 1 aliphatic rings. The van der Waals surface area contributed by atoms with E-state index in [0.717, 1.165) is 28.2 Å². The first-order valence-electron chi connectivity index (χ1n) is 11.0. The fourth-order valence-electron chi connectivity index (χ4n) is 3.96. The van der Waals surface area contributed by atoms with Crippen LogP contribution < -0.4 is 5.32 Å². The second-order valence-corrected chi connectivity index (χ2v) is 8.26. The van der Waals surface area contributed by atoms with E-state index in [1.54, 1.807) is 10.7 Å². The van der Waals surface area contributed by atoms with Gasteiger partial charge in [0.1, 0.15) is 12.4 Å². The lowest BCUT2D eigenvalue weighted by molar-refractivity contribution is -0.384. The van der Waals surface area contributed by atoms with Gasteiger partial charge in [-0.15, -0.1) is 0 Å². The zero-order chi connectivity index (χ0) is 25.4. The highest BCUT2D eigenvalue weighted by Crippen LogP contribution is 2.28. The average Bonchev–Trinajstić information content (AvgIpc) is 3.39. The molecule has 5 rings (SSSR count). The number of amides is 3. The number of anilines is 1. The minimum atomic E-state index is -0.759. The predicted octanol–water partition coefficient (Wildman–Crippen LogP) is 3.99. The van der Waals surface area contributed by atoms with E-state index < -0.39 is 29.2 Å². The van der Waals surface area contributed by atoms with Gasteiger partial charge in [0.25, 0.3) is 17.5 Å². The maximum absolute atomic E-state index is 13.0. The average molecular weight is 481 g/mol. The molecule has 36 heavy (non-hydrogen) atoms. The van der Waals surface area contributed by atoms with Crippen LogP contribution in [0.5, 0.6) is 0 Å². The third-order valence-corrected chi connectivity index (χ3v) is 5.79. The van der Waals surface area contributed by atoms with Crippen LogP contribution in [0.3, 0.4) is 0 Å². The fourth-order valence-corrected chi connectivity index (χ4v) is 3.96. The van der Waals surface area contributed by atoms with Gasteiger partial charge in [0.05, 0.1) is 27.4 Å². The van der Waals surface area contributed by atoms with Crippen molar-refractivity contribution >= 4 is 29.2 Å². The molecule has 10 heteroatoms. The van der Waals surface area contributed by atoms with Gasteiger partial charge >= 0.3 is 0 Å². The number of non-ortho nitro benzene ring substituents is 1. The number of hydrogen-bond acceptors (Lipinski definition) is 6. The van der Waals surface area contributed by atoms with E-state index in [0.29, 0.717) is 17.2 Å². The highest BCUT2D eigenvalue weighted by Gasteiger charge is 2.38. The number of aryl methyl sites for hydroxylation is 1. The predicted molar refractivity (Wildman–Crippen MR) is 131 cm³/mol. The second-order valence-electron chi connectivity index (χ2n) is 8.26. The van der Waals surface area contributed by atoms with Crippen molar-refractivity contribution in [1.82, 2.24) is 14.7 Å². The first-order valence-corrected chi connectivity index (χ1v) is 11.0. The lowest BCUT2D eigenvalue weighted by Crippen LogP contribution is -2.37. The number of aromatic nitrogens is 2. The summed E-state index contributed by atoms with van der Waals surface area (Å²) in [6.45, 7) is 1.43. The fraction of sp³-hybridized carbons (Fsp3) is 0.0769. The number of carbonyl (C=O) groups excluding carboxylic acids is 3. The summed E-state index contributed by atoms with van der Waals surface area (Å²) in [5.41, 5.74) is 2.90. The molecule has 1 aliphatic heterocycles. The number of nitro groups is 1. The molecule has 2 heterocycles. The Bertz CT molecular complexity index is 1530. The number of nitrogens with zero attached hydrogens (tertiary/aromatic N) is 4. The molecule has 0 bridgehead atoms. The maximum Gasteiger partial charge on any atom is 0.270 e. The molecule has 1 aromatic heterocycles. The number of rotatable bonds is 6. The molecule has 10 nitrogen and oxygen atoms in total. The zero-order valence-electron chi connectivity index (χ0n) is 19.0. The van der Waals surface area contributed by atoms with E-state index in [1.165, 1.54) is 6.07 Å². The molecule has 0 aliphatic carbocycles. The van der Waals surface area contributed by atoms with Gasteiger partial charge in [-0.2, -0.15) is 5.10 Å². The minimum Gasteiger partial charge on any atom is -0.309 e. The summed E-state index contributed by atoms with van der Waals surface area (Å²) < 4.78 is 1.57. The zero-order valence-corrected chi connectivity index (χ0v) is 19.0. The van der Waals surface area contributed by atoms with E-state index in [9.17, 15) is 24.5 Å². The monoisotopic (exact) mass is 481 g/mol. The van der Waals surface area contributed by atoms with Crippen molar-refractivity contribution in [3.05, 3.63) is 106 Å². The third-order valence-electron chi connectivity index (χ3n) is 5.79. The second kappa shape index (κ2) is 8.91. The number of para-hydroxylation sites is 1. The minimum absolute atomic E-state index is 0.0226. The van der Waals surface area contributed by atoms with Crippen LogP contribution in [0.4, 0.5) is 11.5 Å². The summed E-state index contributed by atoms with van der Waals surface area (Å²) in [4.78, 5) is 49.6. The van der Waals surface area contributed by atoms with Crippen LogP contribution >= 0.6 is 0 Å². The summed E-state index contributed by atoms with van der Waals surface area (Å²) in [5, 5.41) is 18.4. The molecule has 3 amide bonds. The molecule has 4 aromatic rings. The third kappa shape index (κ3) is 4.11. The van der Waals surface area contributed by atoms with Gasteiger partial charge < -0.3 is 5.32 Å². The number of carbonyl (C=O) groups is 3. The number of nitro benzene ring substituents is 1. The molecule has 0 atom stereocenters. The van der Waals surface area contributed by atoms with Crippen LogP contribution in [0.25, 0.3) is 16.9 Å². The van der Waals surface area contributed by atoms with Gasteiger partial charge in [-0.25, -0.2) is 4.68 Å². The van der Waals surface area contributed by atoms with Gasteiger partial charge in [-0.1, -0.05) is 48.0 Å². The molecule has 0 spiro atoms. The molecule has 0 radical (unpaired) electrons. The van der Waals surface area contributed by atoms with Crippen LogP contribution in [-0.4, -0.2) is 43.9 Å². The summed E-state index contributed by atoms with van der Waals surface area (Å²) in [6, 6.07) is 22.1. The number of hydrogen-bond donors (Lipinski definition) is 1. The Balaban J connectivity index is 1.41. The maximum atomic E-state index is 13.0. The topological polar surface area (TPSA) is 127 Å². The molecule has 1 N–H and O–H groups in total. The van der Waals surface area contributed by atoms with Gasteiger partial charge in [0, 0.05) is 23.8 Å². The van der Waals surface area contributed by atoms with E-state index in [2.05, 4.69) is 10.4 Å². The van der Waals surface area contributed by atoms with E-state index in [-0.39, 0.29) is 16.8 Å². The standard InChI is InChI=1S/C26H19N5O5/c1-16-7-9-17(10-8-16)22-14-23(30(28-22)18-5-3-2-4-6-18)27-24(32)15-29-25(33)20-12-11-19(31(35)36)13-21(20)26(29)34/h2-14H,15H2,1H3,(H,27,32). The van der Waals surface area contributed by atoms with Crippen LogP contribution in [0.15, 0.2) is 78.9 Å². The van der Waals surface area contributed by atoms with Gasteiger partial charge in [0.2, 0.25) is 5.91 Å². The van der Waals surface area contributed by atoms with Crippen LogP contribution in [0.2, 0.25) is 0 Å². The van der Waals surface area contributed by atoms with Crippen molar-refractivity contribution in [3.8, 4) is 16.9 Å². The van der Waals surface area contributed by atoms with Crippen LogP contribution in [0.1, 0.15) is 26.3 Å².